The summed E-state index contributed by atoms with van der Waals surface area (Å²) in [6.45, 7) is 2.61. The van der Waals surface area contributed by atoms with Gasteiger partial charge in [-0.25, -0.2) is 9.97 Å². The summed E-state index contributed by atoms with van der Waals surface area (Å²) < 4.78 is 0. The lowest BCUT2D eigenvalue weighted by Crippen LogP contribution is -2.29. The van der Waals surface area contributed by atoms with Gasteiger partial charge in [-0.05, 0) is 25.1 Å². The number of rotatable bonds is 6. The Kier molecular flexibility index (Phi) is 5.65. The highest BCUT2D eigenvalue weighted by Crippen LogP contribution is 2.37. The number of hydrogen-bond donors (Lipinski definition) is 3. The number of benzene rings is 2. The maximum Gasteiger partial charge on any atom is 0.267 e. The summed E-state index contributed by atoms with van der Waals surface area (Å²) in [5, 5.41) is 2.70. The van der Waals surface area contributed by atoms with Gasteiger partial charge in [0, 0.05) is 29.8 Å². The van der Waals surface area contributed by atoms with Gasteiger partial charge in [-0.3, -0.25) is 19.3 Å². The third-order valence-corrected chi connectivity index (χ3v) is 5.11. The molecule has 9 heteroatoms. The van der Waals surface area contributed by atoms with E-state index >= 15 is 0 Å². The van der Waals surface area contributed by atoms with Crippen LogP contribution in [0.3, 0.4) is 0 Å². The van der Waals surface area contributed by atoms with Gasteiger partial charge in [0.15, 0.2) is 5.82 Å². The van der Waals surface area contributed by atoms with E-state index < -0.39 is 5.91 Å². The second kappa shape index (κ2) is 8.56. The van der Waals surface area contributed by atoms with Crippen molar-refractivity contribution in [3.63, 3.8) is 0 Å². The fourth-order valence-electron chi connectivity index (χ4n) is 3.54. The quantitative estimate of drug-likeness (QED) is 0.540. The van der Waals surface area contributed by atoms with Crippen LogP contribution in [-0.4, -0.2) is 40.8 Å². The third kappa shape index (κ3) is 3.93. The molecule has 0 radical (unpaired) electrons. The van der Waals surface area contributed by atoms with Crippen molar-refractivity contribution >= 4 is 29.2 Å². The maximum atomic E-state index is 12.9. The van der Waals surface area contributed by atoms with Gasteiger partial charge in [-0.2, -0.15) is 0 Å². The number of carbonyl (C=O) groups excluding carboxylic acids is 3. The number of nitrogens with two attached hydrogens (primary N) is 2. The molecule has 0 aliphatic carbocycles. The summed E-state index contributed by atoms with van der Waals surface area (Å²) in [6, 6.07) is 14.1. The summed E-state index contributed by atoms with van der Waals surface area (Å²) >= 11 is 0. The molecule has 0 unspecified atom stereocenters. The maximum absolute atomic E-state index is 12.9. The number of nitrogens with zero attached hydrogens (tertiary/aromatic N) is 3. The first-order valence-electron chi connectivity index (χ1n) is 10.1. The molecule has 1 aromatic heterocycles. The Bertz CT molecular complexity index is 1220. The molecule has 3 aromatic rings. The Morgan fingerprint density at radius 1 is 1.12 bits per heavy atom. The first-order valence-corrected chi connectivity index (χ1v) is 10.1. The number of hydrogen-bond acceptors (Lipinski definition) is 6. The summed E-state index contributed by atoms with van der Waals surface area (Å²) in [5.74, 6) is -0.757. The Balaban J connectivity index is 1.81. The lowest BCUT2D eigenvalue weighted by atomic mass is 10.1. The molecule has 1 aliphatic rings. The smallest absolute Gasteiger partial charge is 0.267 e. The van der Waals surface area contributed by atoms with Gasteiger partial charge in [0.2, 0.25) is 5.91 Å². The minimum absolute atomic E-state index is 0.0123. The molecule has 0 spiro atoms. The molecule has 32 heavy (non-hydrogen) atoms. The standard InChI is InChI=1S/C23H22N6O3/c1-13-5-7-14(8-6-13)21-27-19(20(25)31)17-12-18(30)29(22(17)28-21)16-4-2-3-15(11-16)23(32)26-10-9-24/h2-8,11H,9-10,12,24H2,1H3,(H2,25,31)(H,26,32). The fourth-order valence-corrected chi connectivity index (χ4v) is 3.54. The van der Waals surface area contributed by atoms with E-state index in [9.17, 15) is 14.4 Å². The van der Waals surface area contributed by atoms with Crippen molar-refractivity contribution in [3.8, 4) is 11.4 Å². The Morgan fingerprint density at radius 2 is 1.88 bits per heavy atom. The zero-order valence-electron chi connectivity index (χ0n) is 17.5. The summed E-state index contributed by atoms with van der Waals surface area (Å²) in [7, 11) is 0. The molecule has 4 rings (SSSR count). The number of carbonyl (C=O) groups is 3. The molecule has 0 saturated heterocycles. The zero-order valence-corrected chi connectivity index (χ0v) is 17.5. The topological polar surface area (TPSA) is 144 Å². The highest BCUT2D eigenvalue weighted by atomic mass is 16.2. The van der Waals surface area contributed by atoms with E-state index in [0.717, 1.165) is 5.56 Å². The van der Waals surface area contributed by atoms with Crippen molar-refractivity contribution in [1.29, 1.82) is 0 Å². The van der Waals surface area contributed by atoms with Gasteiger partial charge >= 0.3 is 0 Å². The predicted octanol–water partition coefficient (Wildman–Crippen LogP) is 1.46. The van der Waals surface area contributed by atoms with E-state index in [0.29, 0.717) is 35.5 Å². The normalized spacial score (nSPS) is 12.6. The number of fused-ring (bicyclic) bond motifs is 1. The molecular weight excluding hydrogens is 408 g/mol. The minimum atomic E-state index is -0.735. The molecular formula is C23H22N6O3. The first-order chi connectivity index (χ1) is 15.4. The SMILES string of the molecule is Cc1ccc(-c2nc(C(N)=O)c3c(n2)N(c2cccc(C(=O)NCCN)c2)C(=O)C3)cc1. The predicted molar refractivity (Wildman–Crippen MR) is 119 cm³/mol. The van der Waals surface area contributed by atoms with Crippen LogP contribution in [0.5, 0.6) is 0 Å². The summed E-state index contributed by atoms with van der Waals surface area (Å²) in [5.41, 5.74) is 14.0. The van der Waals surface area contributed by atoms with Crippen LogP contribution in [0.25, 0.3) is 11.4 Å². The van der Waals surface area contributed by atoms with Gasteiger partial charge in [0.1, 0.15) is 11.5 Å². The van der Waals surface area contributed by atoms with Crippen LogP contribution >= 0.6 is 0 Å². The molecule has 0 bridgehead atoms. The number of anilines is 2. The van der Waals surface area contributed by atoms with E-state index in [1.54, 1.807) is 24.3 Å². The molecule has 9 nitrogen and oxygen atoms in total. The Hall–Kier alpha value is -4.11. The van der Waals surface area contributed by atoms with Crippen LogP contribution in [0.2, 0.25) is 0 Å². The van der Waals surface area contributed by atoms with E-state index in [1.807, 2.05) is 31.2 Å². The summed E-state index contributed by atoms with van der Waals surface area (Å²) in [6.07, 6.45) is -0.0641. The lowest BCUT2D eigenvalue weighted by molar-refractivity contribution is -0.116. The summed E-state index contributed by atoms with van der Waals surface area (Å²) in [4.78, 5) is 47.8. The van der Waals surface area contributed by atoms with E-state index in [4.69, 9.17) is 11.5 Å². The first kappa shape index (κ1) is 21.1. The fraction of sp³-hybridized carbons (Fsp3) is 0.174. The Labute approximate surface area is 184 Å². The average Bonchev–Trinajstić information content (AvgIpc) is 3.12. The van der Waals surface area contributed by atoms with Crippen LogP contribution in [0.15, 0.2) is 48.5 Å². The third-order valence-electron chi connectivity index (χ3n) is 5.11. The van der Waals surface area contributed by atoms with E-state index in [-0.39, 0.29) is 35.6 Å². The Morgan fingerprint density at radius 3 is 2.56 bits per heavy atom. The van der Waals surface area contributed by atoms with Gasteiger partial charge in [0.05, 0.1) is 12.1 Å². The van der Waals surface area contributed by atoms with Gasteiger partial charge in [0.25, 0.3) is 11.8 Å². The highest BCUT2D eigenvalue weighted by molar-refractivity contribution is 6.10. The largest absolute Gasteiger partial charge is 0.364 e. The van der Waals surface area contributed by atoms with Gasteiger partial charge in [-0.15, -0.1) is 0 Å². The lowest BCUT2D eigenvalue weighted by Gasteiger charge is -2.18. The minimum Gasteiger partial charge on any atom is -0.364 e. The molecule has 5 N–H and O–H groups in total. The van der Waals surface area contributed by atoms with Crippen molar-refractivity contribution in [2.24, 2.45) is 11.5 Å². The number of aryl methyl sites for hydroxylation is 1. The number of primary amides is 1. The van der Waals surface area contributed by atoms with Crippen molar-refractivity contribution in [2.75, 3.05) is 18.0 Å². The molecule has 0 saturated carbocycles. The second-order valence-electron chi connectivity index (χ2n) is 7.43. The molecule has 2 heterocycles. The number of nitrogens with one attached hydrogen (secondary N) is 1. The van der Waals surface area contributed by atoms with E-state index in [2.05, 4.69) is 15.3 Å². The van der Waals surface area contributed by atoms with Crippen molar-refractivity contribution in [2.45, 2.75) is 13.3 Å². The van der Waals surface area contributed by atoms with Crippen LogP contribution in [-0.2, 0) is 11.2 Å². The van der Waals surface area contributed by atoms with Crippen LogP contribution < -0.4 is 21.7 Å². The molecule has 162 valence electrons. The van der Waals surface area contributed by atoms with Crippen LogP contribution in [0.4, 0.5) is 11.5 Å². The van der Waals surface area contributed by atoms with E-state index in [1.165, 1.54) is 4.90 Å². The number of aromatic nitrogens is 2. The van der Waals surface area contributed by atoms with Gasteiger partial charge < -0.3 is 16.8 Å². The van der Waals surface area contributed by atoms with Crippen LogP contribution in [0.1, 0.15) is 32.0 Å². The zero-order chi connectivity index (χ0) is 22.8. The molecule has 0 atom stereocenters. The van der Waals surface area contributed by atoms with Crippen LogP contribution in [0, 0.1) is 6.92 Å². The molecule has 3 amide bonds. The highest BCUT2D eigenvalue weighted by Gasteiger charge is 2.35. The second-order valence-corrected chi connectivity index (χ2v) is 7.43. The monoisotopic (exact) mass is 430 g/mol. The number of amides is 3. The average molecular weight is 430 g/mol. The van der Waals surface area contributed by atoms with Crippen molar-refractivity contribution in [1.82, 2.24) is 15.3 Å². The molecule has 1 aliphatic heterocycles. The van der Waals surface area contributed by atoms with Crippen molar-refractivity contribution in [3.05, 3.63) is 70.9 Å². The van der Waals surface area contributed by atoms with Crippen molar-refractivity contribution < 1.29 is 14.4 Å². The molecule has 0 fully saturated rings. The molecule has 2 aromatic carbocycles. The van der Waals surface area contributed by atoms with Gasteiger partial charge in [-0.1, -0.05) is 35.9 Å².